The summed E-state index contributed by atoms with van der Waals surface area (Å²) in [5, 5.41) is 6.06. The summed E-state index contributed by atoms with van der Waals surface area (Å²) in [6, 6.07) is 7.91. The summed E-state index contributed by atoms with van der Waals surface area (Å²) >= 11 is 0. The highest BCUT2D eigenvalue weighted by molar-refractivity contribution is 5.85. The van der Waals surface area contributed by atoms with E-state index in [2.05, 4.69) is 10.6 Å². The van der Waals surface area contributed by atoms with Crippen LogP contribution in [-0.4, -0.2) is 32.1 Å². The van der Waals surface area contributed by atoms with Gasteiger partial charge >= 0.3 is 0 Å². The van der Waals surface area contributed by atoms with Gasteiger partial charge in [0, 0.05) is 19.5 Å². The zero-order valence-corrected chi connectivity index (χ0v) is 13.1. The Balaban J connectivity index is 0.00000361. The molecule has 4 nitrogen and oxygen atoms in total. The Morgan fingerprint density at radius 1 is 1.15 bits per heavy atom. The first-order valence-corrected chi connectivity index (χ1v) is 6.95. The quantitative estimate of drug-likeness (QED) is 0.687. The molecule has 20 heavy (non-hydrogen) atoms. The van der Waals surface area contributed by atoms with Gasteiger partial charge in [-0.3, -0.25) is 4.79 Å². The fourth-order valence-electron chi connectivity index (χ4n) is 1.73. The van der Waals surface area contributed by atoms with Crippen LogP contribution < -0.4 is 15.4 Å². The molecule has 0 radical (unpaired) electrons. The third-order valence-corrected chi connectivity index (χ3v) is 2.75. The molecular formula is C15H25ClN2O2. The lowest BCUT2D eigenvalue weighted by atomic mass is 10.1. The first kappa shape index (κ1) is 18.7. The number of rotatable bonds is 9. The van der Waals surface area contributed by atoms with Crippen LogP contribution >= 0.6 is 12.4 Å². The number of hydrogen-bond donors (Lipinski definition) is 2. The highest BCUT2D eigenvalue weighted by Crippen LogP contribution is 2.13. The van der Waals surface area contributed by atoms with Crippen molar-refractivity contribution in [3.8, 4) is 5.75 Å². The molecule has 0 spiro atoms. The van der Waals surface area contributed by atoms with E-state index in [1.807, 2.05) is 38.1 Å². The summed E-state index contributed by atoms with van der Waals surface area (Å²) in [5.41, 5.74) is 1.16. The van der Waals surface area contributed by atoms with Crippen LogP contribution in [0, 0.1) is 0 Å². The maximum Gasteiger partial charge on any atom is 0.220 e. The number of amides is 1. The van der Waals surface area contributed by atoms with Crippen molar-refractivity contribution in [3.05, 3.63) is 29.8 Å². The molecular weight excluding hydrogens is 276 g/mol. The third-order valence-electron chi connectivity index (χ3n) is 2.75. The SMILES string of the molecule is CCNCCNC(=O)CCc1ccc(OCC)cc1.Cl. The van der Waals surface area contributed by atoms with Crippen LogP contribution in [0.1, 0.15) is 25.8 Å². The Hall–Kier alpha value is -1.26. The predicted octanol–water partition coefficient (Wildman–Crippen LogP) is 2.17. The monoisotopic (exact) mass is 300 g/mol. The Kier molecular flexibility index (Phi) is 10.8. The van der Waals surface area contributed by atoms with Gasteiger partial charge in [-0.25, -0.2) is 0 Å². The smallest absolute Gasteiger partial charge is 0.220 e. The van der Waals surface area contributed by atoms with Crippen LogP contribution in [0.15, 0.2) is 24.3 Å². The number of halogens is 1. The second-order valence-corrected chi connectivity index (χ2v) is 4.28. The molecule has 0 aliphatic heterocycles. The van der Waals surface area contributed by atoms with Crippen molar-refractivity contribution in [1.82, 2.24) is 10.6 Å². The number of ether oxygens (including phenoxy) is 1. The van der Waals surface area contributed by atoms with Crippen LogP contribution in [0.3, 0.4) is 0 Å². The fourth-order valence-corrected chi connectivity index (χ4v) is 1.73. The van der Waals surface area contributed by atoms with Crippen LogP contribution in [0.4, 0.5) is 0 Å². The summed E-state index contributed by atoms with van der Waals surface area (Å²) in [7, 11) is 0. The molecule has 0 saturated heterocycles. The van der Waals surface area contributed by atoms with E-state index in [4.69, 9.17) is 4.74 Å². The number of carbonyl (C=O) groups is 1. The lowest BCUT2D eigenvalue weighted by molar-refractivity contribution is -0.121. The highest BCUT2D eigenvalue weighted by Gasteiger charge is 2.02. The Morgan fingerprint density at radius 3 is 2.45 bits per heavy atom. The van der Waals surface area contributed by atoms with Gasteiger partial charge in [-0.05, 0) is 37.6 Å². The normalized spacial score (nSPS) is 9.70. The average Bonchev–Trinajstić information content (AvgIpc) is 2.43. The van der Waals surface area contributed by atoms with Crippen molar-refractivity contribution in [2.24, 2.45) is 0 Å². The zero-order valence-electron chi connectivity index (χ0n) is 12.3. The summed E-state index contributed by atoms with van der Waals surface area (Å²) in [5.74, 6) is 0.980. The number of aryl methyl sites for hydroxylation is 1. The van der Waals surface area contributed by atoms with E-state index in [0.29, 0.717) is 19.6 Å². The minimum absolute atomic E-state index is 0. The summed E-state index contributed by atoms with van der Waals surface area (Å²) in [6.45, 7) is 7.14. The van der Waals surface area contributed by atoms with Gasteiger partial charge in [-0.2, -0.15) is 0 Å². The number of benzene rings is 1. The first-order chi connectivity index (χ1) is 9.26. The zero-order chi connectivity index (χ0) is 13.9. The topological polar surface area (TPSA) is 50.4 Å². The van der Waals surface area contributed by atoms with E-state index in [0.717, 1.165) is 30.8 Å². The van der Waals surface area contributed by atoms with E-state index >= 15 is 0 Å². The minimum atomic E-state index is 0. The average molecular weight is 301 g/mol. The van der Waals surface area contributed by atoms with Gasteiger partial charge < -0.3 is 15.4 Å². The van der Waals surface area contributed by atoms with Gasteiger partial charge in [0.1, 0.15) is 5.75 Å². The van der Waals surface area contributed by atoms with Crippen molar-refractivity contribution < 1.29 is 9.53 Å². The van der Waals surface area contributed by atoms with Crippen molar-refractivity contribution >= 4 is 18.3 Å². The Morgan fingerprint density at radius 2 is 1.85 bits per heavy atom. The molecule has 0 heterocycles. The van der Waals surface area contributed by atoms with Crippen molar-refractivity contribution in [2.75, 3.05) is 26.2 Å². The molecule has 0 atom stereocenters. The van der Waals surface area contributed by atoms with Gasteiger partial charge in [0.2, 0.25) is 5.91 Å². The predicted molar refractivity (Wildman–Crippen MR) is 84.7 cm³/mol. The molecule has 1 amide bonds. The van der Waals surface area contributed by atoms with Gasteiger partial charge in [-0.1, -0.05) is 19.1 Å². The number of carbonyl (C=O) groups excluding carboxylic acids is 1. The van der Waals surface area contributed by atoms with Crippen molar-refractivity contribution in [3.63, 3.8) is 0 Å². The molecule has 1 aromatic carbocycles. The van der Waals surface area contributed by atoms with Crippen LogP contribution in [0.2, 0.25) is 0 Å². The van der Waals surface area contributed by atoms with Crippen LogP contribution in [0.25, 0.3) is 0 Å². The lowest BCUT2D eigenvalue weighted by Crippen LogP contribution is -2.31. The molecule has 0 aliphatic carbocycles. The molecule has 0 unspecified atom stereocenters. The van der Waals surface area contributed by atoms with Crippen molar-refractivity contribution in [2.45, 2.75) is 26.7 Å². The van der Waals surface area contributed by atoms with E-state index in [1.54, 1.807) is 0 Å². The largest absolute Gasteiger partial charge is 0.494 e. The molecule has 114 valence electrons. The highest BCUT2D eigenvalue weighted by atomic mass is 35.5. The van der Waals surface area contributed by atoms with Gasteiger partial charge in [0.15, 0.2) is 0 Å². The summed E-state index contributed by atoms with van der Waals surface area (Å²) in [4.78, 5) is 11.6. The van der Waals surface area contributed by atoms with Gasteiger partial charge in [0.25, 0.3) is 0 Å². The van der Waals surface area contributed by atoms with Crippen LogP contribution in [0.5, 0.6) is 5.75 Å². The molecule has 2 N–H and O–H groups in total. The number of likely N-dealkylation sites (N-methyl/N-ethyl adjacent to an activating group) is 1. The second kappa shape index (κ2) is 11.6. The molecule has 5 heteroatoms. The first-order valence-electron chi connectivity index (χ1n) is 6.95. The van der Waals surface area contributed by atoms with E-state index < -0.39 is 0 Å². The maximum atomic E-state index is 11.6. The maximum absolute atomic E-state index is 11.6. The summed E-state index contributed by atoms with van der Waals surface area (Å²) < 4.78 is 5.38. The van der Waals surface area contributed by atoms with E-state index in [1.165, 1.54) is 0 Å². The summed E-state index contributed by atoms with van der Waals surface area (Å²) in [6.07, 6.45) is 1.29. The molecule has 1 aromatic rings. The second-order valence-electron chi connectivity index (χ2n) is 4.28. The molecule has 1 rings (SSSR count). The Bertz CT molecular complexity index is 369. The van der Waals surface area contributed by atoms with Crippen molar-refractivity contribution in [1.29, 1.82) is 0 Å². The molecule has 0 bridgehead atoms. The lowest BCUT2D eigenvalue weighted by Gasteiger charge is -2.06. The standard InChI is InChI=1S/C15H24N2O2.ClH/c1-3-16-11-12-17-15(18)10-7-13-5-8-14(9-6-13)19-4-2;/h5-6,8-9,16H,3-4,7,10-12H2,1-2H3,(H,17,18);1H. The van der Waals surface area contributed by atoms with Crippen LogP contribution in [-0.2, 0) is 11.2 Å². The molecule has 0 saturated carbocycles. The Labute approximate surface area is 127 Å². The van der Waals surface area contributed by atoms with Gasteiger partial charge in [0.05, 0.1) is 6.61 Å². The molecule has 0 fully saturated rings. The van der Waals surface area contributed by atoms with E-state index in [-0.39, 0.29) is 18.3 Å². The molecule has 0 aliphatic rings. The fraction of sp³-hybridized carbons (Fsp3) is 0.533. The van der Waals surface area contributed by atoms with Gasteiger partial charge in [-0.15, -0.1) is 12.4 Å². The van der Waals surface area contributed by atoms with E-state index in [9.17, 15) is 4.79 Å². The number of hydrogen-bond acceptors (Lipinski definition) is 3. The molecule has 0 aromatic heterocycles. The third kappa shape index (κ3) is 8.02. The minimum Gasteiger partial charge on any atom is -0.494 e. The number of nitrogens with one attached hydrogen (secondary N) is 2.